The maximum Gasteiger partial charge on any atom is 0.306 e. The molecule has 6 atom stereocenters. The standard InChI is InChI=1S/C31H57NO8/c1-3-5-7-9-11-13-16-25(34)20-32(21-26(35)17-14-12-10-8-6-4-2)19-15-18-29(36)40-28-23-38-30-27(39-24-33)22-37-31(28)30/h24-28,30-31,34-35H,3-23H2,1-2H3/t25?,26?,27?,28?,30-,31-/m1/s1. The molecule has 2 fully saturated rings. The van der Waals surface area contributed by atoms with Crippen molar-refractivity contribution in [2.24, 2.45) is 0 Å². The zero-order valence-corrected chi connectivity index (χ0v) is 25.2. The molecule has 2 heterocycles. The first-order valence-electron chi connectivity index (χ1n) is 16.1. The van der Waals surface area contributed by atoms with E-state index in [0.717, 1.165) is 38.5 Å². The second kappa shape index (κ2) is 21.4. The number of fused-ring (bicyclic) bond motifs is 1. The van der Waals surface area contributed by atoms with Gasteiger partial charge < -0.3 is 29.2 Å². The minimum atomic E-state index is -0.507. The van der Waals surface area contributed by atoms with Crippen LogP contribution in [-0.2, 0) is 28.5 Å². The maximum atomic E-state index is 12.6. The molecule has 2 aliphatic heterocycles. The number of nitrogens with zero attached hydrogens (tertiary/aromatic N) is 1. The molecule has 40 heavy (non-hydrogen) atoms. The van der Waals surface area contributed by atoms with Gasteiger partial charge in [-0.05, 0) is 25.8 Å². The van der Waals surface area contributed by atoms with Gasteiger partial charge in [-0.1, -0.05) is 90.9 Å². The van der Waals surface area contributed by atoms with Crippen LogP contribution in [0.5, 0.6) is 0 Å². The van der Waals surface area contributed by atoms with Crippen LogP contribution in [0.4, 0.5) is 0 Å². The van der Waals surface area contributed by atoms with Crippen LogP contribution in [0.1, 0.15) is 117 Å². The second-order valence-electron chi connectivity index (χ2n) is 11.7. The highest BCUT2D eigenvalue weighted by Gasteiger charge is 2.50. The Morgan fingerprint density at radius 1 is 0.800 bits per heavy atom. The van der Waals surface area contributed by atoms with Crippen LogP contribution in [0, 0.1) is 0 Å². The summed E-state index contributed by atoms with van der Waals surface area (Å²) in [7, 11) is 0. The Morgan fingerprint density at radius 3 is 1.85 bits per heavy atom. The molecule has 0 radical (unpaired) electrons. The quantitative estimate of drug-likeness (QED) is 0.0926. The summed E-state index contributed by atoms with van der Waals surface area (Å²) in [6, 6.07) is 0. The number of aliphatic hydroxyl groups is 2. The number of rotatable bonds is 25. The summed E-state index contributed by atoms with van der Waals surface area (Å²) in [4.78, 5) is 25.3. The monoisotopic (exact) mass is 571 g/mol. The molecule has 234 valence electrons. The first-order valence-corrected chi connectivity index (χ1v) is 16.1. The van der Waals surface area contributed by atoms with Gasteiger partial charge in [-0.2, -0.15) is 0 Å². The van der Waals surface area contributed by atoms with E-state index in [4.69, 9.17) is 18.9 Å². The molecular weight excluding hydrogens is 514 g/mol. The number of unbranched alkanes of at least 4 members (excludes halogenated alkanes) is 10. The molecule has 9 heteroatoms. The average molecular weight is 572 g/mol. The summed E-state index contributed by atoms with van der Waals surface area (Å²) in [6.07, 6.45) is 13.9. The fourth-order valence-electron chi connectivity index (χ4n) is 5.75. The van der Waals surface area contributed by atoms with Crippen molar-refractivity contribution >= 4 is 12.4 Å². The predicted octanol–water partition coefficient (Wildman–Crippen LogP) is 4.54. The molecule has 0 bridgehead atoms. The minimum Gasteiger partial charge on any atom is -0.459 e. The lowest BCUT2D eigenvalue weighted by molar-refractivity contribution is -0.154. The van der Waals surface area contributed by atoms with E-state index in [1.165, 1.54) is 51.4 Å². The normalized spacial score (nSPS) is 23.7. The van der Waals surface area contributed by atoms with Crippen molar-refractivity contribution in [3.05, 3.63) is 0 Å². The molecule has 0 saturated carbocycles. The number of ether oxygens (including phenoxy) is 4. The first kappa shape index (κ1) is 34.9. The summed E-state index contributed by atoms with van der Waals surface area (Å²) in [6.45, 7) is 6.88. The van der Waals surface area contributed by atoms with E-state index in [1.54, 1.807) is 0 Å². The van der Waals surface area contributed by atoms with Crippen LogP contribution in [0.3, 0.4) is 0 Å². The van der Waals surface area contributed by atoms with Crippen LogP contribution < -0.4 is 0 Å². The molecule has 0 aromatic carbocycles. The molecule has 0 amide bonds. The van der Waals surface area contributed by atoms with Crippen LogP contribution in [0.15, 0.2) is 0 Å². The van der Waals surface area contributed by atoms with Crippen LogP contribution in [0.25, 0.3) is 0 Å². The highest BCUT2D eigenvalue weighted by Crippen LogP contribution is 2.30. The topological polar surface area (TPSA) is 115 Å². The Labute approximate surface area is 242 Å². The van der Waals surface area contributed by atoms with Gasteiger partial charge in [0.25, 0.3) is 6.47 Å². The number of carbonyl (C=O) groups excluding carboxylic acids is 2. The van der Waals surface area contributed by atoms with Crippen molar-refractivity contribution in [2.45, 2.75) is 153 Å². The molecule has 2 aliphatic rings. The zero-order valence-electron chi connectivity index (χ0n) is 25.2. The number of hydrogen-bond acceptors (Lipinski definition) is 9. The molecule has 0 spiro atoms. The maximum absolute atomic E-state index is 12.6. The fourth-order valence-corrected chi connectivity index (χ4v) is 5.75. The summed E-state index contributed by atoms with van der Waals surface area (Å²) in [5.41, 5.74) is 0. The lowest BCUT2D eigenvalue weighted by atomic mass is 10.1. The van der Waals surface area contributed by atoms with Gasteiger partial charge in [-0.15, -0.1) is 0 Å². The molecule has 9 nitrogen and oxygen atoms in total. The molecule has 4 unspecified atom stereocenters. The van der Waals surface area contributed by atoms with E-state index < -0.39 is 36.6 Å². The van der Waals surface area contributed by atoms with Crippen LogP contribution >= 0.6 is 0 Å². The molecule has 0 aliphatic carbocycles. The fraction of sp³-hybridized carbons (Fsp3) is 0.935. The van der Waals surface area contributed by atoms with Crippen molar-refractivity contribution in [3.63, 3.8) is 0 Å². The van der Waals surface area contributed by atoms with Gasteiger partial charge in [0, 0.05) is 19.5 Å². The summed E-state index contributed by atoms with van der Waals surface area (Å²) in [5, 5.41) is 21.4. The number of aliphatic hydroxyl groups excluding tert-OH is 2. The molecule has 2 saturated heterocycles. The van der Waals surface area contributed by atoms with E-state index in [1.807, 2.05) is 0 Å². The summed E-state index contributed by atoms with van der Waals surface area (Å²) in [5.74, 6) is -0.321. The van der Waals surface area contributed by atoms with Gasteiger partial charge >= 0.3 is 5.97 Å². The summed E-state index contributed by atoms with van der Waals surface area (Å²) < 4.78 is 21.9. The Kier molecular flexibility index (Phi) is 18.7. The second-order valence-corrected chi connectivity index (χ2v) is 11.7. The van der Waals surface area contributed by atoms with E-state index in [2.05, 4.69) is 18.7 Å². The minimum absolute atomic E-state index is 0.223. The smallest absolute Gasteiger partial charge is 0.306 e. The number of esters is 1. The van der Waals surface area contributed by atoms with Crippen molar-refractivity contribution in [2.75, 3.05) is 32.8 Å². The number of carbonyl (C=O) groups is 2. The van der Waals surface area contributed by atoms with E-state index in [9.17, 15) is 19.8 Å². The number of hydrogen-bond donors (Lipinski definition) is 2. The molecular formula is C31H57NO8. The third-order valence-electron chi connectivity index (χ3n) is 8.05. The van der Waals surface area contributed by atoms with Crippen molar-refractivity contribution in [1.29, 1.82) is 0 Å². The van der Waals surface area contributed by atoms with Crippen LogP contribution in [-0.4, -0.2) is 97.0 Å². The zero-order chi connectivity index (χ0) is 29.0. The third-order valence-corrected chi connectivity index (χ3v) is 8.05. The molecule has 2 N–H and O–H groups in total. The molecule has 0 aromatic rings. The van der Waals surface area contributed by atoms with Crippen molar-refractivity contribution in [3.8, 4) is 0 Å². The Hall–Kier alpha value is -1.26. The van der Waals surface area contributed by atoms with Crippen molar-refractivity contribution in [1.82, 2.24) is 4.90 Å². The average Bonchev–Trinajstić information content (AvgIpc) is 3.51. The Bertz CT molecular complexity index is 641. The highest BCUT2D eigenvalue weighted by molar-refractivity contribution is 5.69. The highest BCUT2D eigenvalue weighted by atomic mass is 16.7. The van der Waals surface area contributed by atoms with Gasteiger partial charge in [-0.25, -0.2) is 0 Å². The van der Waals surface area contributed by atoms with Crippen molar-refractivity contribution < 1.29 is 38.7 Å². The summed E-state index contributed by atoms with van der Waals surface area (Å²) >= 11 is 0. The largest absolute Gasteiger partial charge is 0.459 e. The van der Waals surface area contributed by atoms with Gasteiger partial charge in [0.1, 0.15) is 12.2 Å². The van der Waals surface area contributed by atoms with E-state index >= 15 is 0 Å². The van der Waals surface area contributed by atoms with Gasteiger partial charge in [-0.3, -0.25) is 14.5 Å². The Morgan fingerprint density at radius 2 is 1.30 bits per heavy atom. The third kappa shape index (κ3) is 14.1. The van der Waals surface area contributed by atoms with E-state index in [0.29, 0.717) is 32.5 Å². The first-order chi connectivity index (χ1) is 19.5. The van der Waals surface area contributed by atoms with E-state index in [-0.39, 0.29) is 25.6 Å². The van der Waals surface area contributed by atoms with Crippen LogP contribution in [0.2, 0.25) is 0 Å². The Balaban J connectivity index is 1.73. The lowest BCUT2D eigenvalue weighted by Gasteiger charge is -2.27. The lowest BCUT2D eigenvalue weighted by Crippen LogP contribution is -2.39. The van der Waals surface area contributed by atoms with Gasteiger partial charge in [0.05, 0.1) is 25.4 Å². The molecule has 2 rings (SSSR count). The van der Waals surface area contributed by atoms with Gasteiger partial charge in [0.2, 0.25) is 0 Å². The predicted molar refractivity (Wildman–Crippen MR) is 154 cm³/mol. The van der Waals surface area contributed by atoms with Gasteiger partial charge in [0.15, 0.2) is 12.2 Å². The SMILES string of the molecule is CCCCCCCCC(O)CN(CCCC(=O)OC1CO[C@@H]2C(OC=O)CO[C@H]12)CC(O)CCCCCCCC. The molecule has 0 aromatic heterocycles.